The average molecular weight is 377 g/mol. The maximum Gasteiger partial charge on any atom is 0.270 e. The molecule has 0 bridgehead atoms. The van der Waals surface area contributed by atoms with Crippen LogP contribution in [0.3, 0.4) is 0 Å². The van der Waals surface area contributed by atoms with Crippen LogP contribution in [-0.4, -0.2) is 36.0 Å². The SMILES string of the molecule is CCCN(CC)CCNc1ccc([N+](=O)[O-])cc1I. The van der Waals surface area contributed by atoms with Gasteiger partial charge in [-0.25, -0.2) is 0 Å². The molecule has 0 aliphatic rings. The highest BCUT2D eigenvalue weighted by atomic mass is 127. The molecule has 0 saturated heterocycles. The maximum atomic E-state index is 10.7. The van der Waals surface area contributed by atoms with Gasteiger partial charge in [0, 0.05) is 34.5 Å². The van der Waals surface area contributed by atoms with Gasteiger partial charge in [-0.3, -0.25) is 10.1 Å². The zero-order valence-electron chi connectivity index (χ0n) is 11.4. The third kappa shape index (κ3) is 5.32. The molecule has 5 nitrogen and oxygen atoms in total. The Labute approximate surface area is 127 Å². The van der Waals surface area contributed by atoms with Crippen LogP contribution in [0.4, 0.5) is 11.4 Å². The summed E-state index contributed by atoms with van der Waals surface area (Å²) < 4.78 is 0.880. The molecule has 0 aromatic heterocycles. The summed E-state index contributed by atoms with van der Waals surface area (Å²) in [6.07, 6.45) is 1.16. The number of rotatable bonds is 8. The van der Waals surface area contributed by atoms with E-state index >= 15 is 0 Å². The fourth-order valence-corrected chi connectivity index (χ4v) is 2.54. The molecular weight excluding hydrogens is 357 g/mol. The Bertz CT molecular complexity index is 426. The van der Waals surface area contributed by atoms with Gasteiger partial charge in [0.05, 0.1) is 4.92 Å². The monoisotopic (exact) mass is 377 g/mol. The molecule has 0 aliphatic heterocycles. The summed E-state index contributed by atoms with van der Waals surface area (Å²) in [5.74, 6) is 0. The molecule has 0 heterocycles. The highest BCUT2D eigenvalue weighted by Crippen LogP contribution is 2.23. The molecular formula is C13H20IN3O2. The summed E-state index contributed by atoms with van der Waals surface area (Å²) in [5, 5.41) is 14.0. The number of benzene rings is 1. The first-order valence-corrected chi connectivity index (χ1v) is 7.56. The summed E-state index contributed by atoms with van der Waals surface area (Å²) in [7, 11) is 0. The second-order valence-electron chi connectivity index (χ2n) is 4.28. The zero-order chi connectivity index (χ0) is 14.3. The fourth-order valence-electron chi connectivity index (χ4n) is 1.85. The van der Waals surface area contributed by atoms with Gasteiger partial charge in [-0.05, 0) is 48.2 Å². The highest BCUT2D eigenvalue weighted by Gasteiger charge is 2.08. The first kappa shape index (κ1) is 16.2. The van der Waals surface area contributed by atoms with E-state index in [-0.39, 0.29) is 10.6 Å². The molecule has 0 saturated carbocycles. The molecule has 0 amide bonds. The Kier molecular flexibility index (Phi) is 7.07. The number of anilines is 1. The van der Waals surface area contributed by atoms with E-state index in [4.69, 9.17) is 0 Å². The number of nitrogens with zero attached hydrogens (tertiary/aromatic N) is 2. The lowest BCUT2D eigenvalue weighted by molar-refractivity contribution is -0.384. The Morgan fingerprint density at radius 3 is 2.63 bits per heavy atom. The molecule has 0 radical (unpaired) electrons. The number of nitro groups is 1. The van der Waals surface area contributed by atoms with Crippen LogP contribution in [0.25, 0.3) is 0 Å². The Hall–Kier alpha value is -0.890. The number of nitrogens with one attached hydrogen (secondary N) is 1. The second kappa shape index (κ2) is 8.31. The van der Waals surface area contributed by atoms with Crippen LogP contribution in [-0.2, 0) is 0 Å². The van der Waals surface area contributed by atoms with Crippen molar-refractivity contribution in [3.8, 4) is 0 Å². The molecule has 0 spiro atoms. The first-order valence-electron chi connectivity index (χ1n) is 6.48. The molecule has 1 aromatic rings. The van der Waals surface area contributed by atoms with Gasteiger partial charge < -0.3 is 10.2 Å². The third-order valence-corrected chi connectivity index (χ3v) is 3.79. The van der Waals surface area contributed by atoms with Crippen molar-refractivity contribution >= 4 is 34.0 Å². The van der Waals surface area contributed by atoms with Gasteiger partial charge in [-0.2, -0.15) is 0 Å². The van der Waals surface area contributed by atoms with E-state index in [0.29, 0.717) is 0 Å². The van der Waals surface area contributed by atoms with Crippen LogP contribution >= 0.6 is 22.6 Å². The van der Waals surface area contributed by atoms with Crippen LogP contribution in [0.5, 0.6) is 0 Å². The standard InChI is InChI=1S/C13H20IN3O2/c1-3-8-16(4-2)9-7-15-13-6-5-11(17(18)19)10-12(13)14/h5-6,10,15H,3-4,7-9H2,1-2H3. The largest absolute Gasteiger partial charge is 0.383 e. The van der Waals surface area contributed by atoms with Crippen molar-refractivity contribution in [2.24, 2.45) is 0 Å². The zero-order valence-corrected chi connectivity index (χ0v) is 13.5. The van der Waals surface area contributed by atoms with Gasteiger partial charge in [0.1, 0.15) is 0 Å². The normalized spacial score (nSPS) is 10.7. The number of likely N-dealkylation sites (N-methyl/N-ethyl adjacent to an activating group) is 1. The smallest absolute Gasteiger partial charge is 0.270 e. The molecule has 0 unspecified atom stereocenters. The summed E-state index contributed by atoms with van der Waals surface area (Å²) in [6, 6.07) is 4.90. The lowest BCUT2D eigenvalue weighted by atomic mass is 10.3. The topological polar surface area (TPSA) is 58.4 Å². The Morgan fingerprint density at radius 2 is 2.11 bits per heavy atom. The van der Waals surface area contributed by atoms with E-state index in [1.807, 2.05) is 0 Å². The minimum absolute atomic E-state index is 0.135. The summed E-state index contributed by atoms with van der Waals surface area (Å²) in [4.78, 5) is 12.7. The van der Waals surface area contributed by atoms with E-state index in [1.165, 1.54) is 6.07 Å². The molecule has 1 N–H and O–H groups in total. The number of nitro benzene ring substituents is 1. The van der Waals surface area contributed by atoms with Crippen molar-refractivity contribution in [3.63, 3.8) is 0 Å². The van der Waals surface area contributed by atoms with Gasteiger partial charge in [0.25, 0.3) is 5.69 Å². The van der Waals surface area contributed by atoms with Crippen LogP contribution in [0.2, 0.25) is 0 Å². The Morgan fingerprint density at radius 1 is 1.37 bits per heavy atom. The number of hydrogen-bond donors (Lipinski definition) is 1. The van der Waals surface area contributed by atoms with Crippen LogP contribution < -0.4 is 5.32 Å². The molecule has 0 atom stereocenters. The predicted molar refractivity (Wildman–Crippen MR) is 86.7 cm³/mol. The second-order valence-corrected chi connectivity index (χ2v) is 5.44. The van der Waals surface area contributed by atoms with Gasteiger partial charge in [0.2, 0.25) is 0 Å². The van der Waals surface area contributed by atoms with Crippen molar-refractivity contribution < 1.29 is 4.92 Å². The van der Waals surface area contributed by atoms with E-state index < -0.39 is 0 Å². The molecule has 0 aliphatic carbocycles. The Balaban J connectivity index is 2.51. The summed E-state index contributed by atoms with van der Waals surface area (Å²) in [5.41, 5.74) is 1.09. The first-order chi connectivity index (χ1) is 9.08. The quantitative estimate of drug-likeness (QED) is 0.429. The molecule has 1 aromatic carbocycles. The van der Waals surface area contributed by atoms with E-state index in [9.17, 15) is 10.1 Å². The fraction of sp³-hybridized carbons (Fsp3) is 0.538. The van der Waals surface area contributed by atoms with E-state index in [2.05, 4.69) is 46.7 Å². The van der Waals surface area contributed by atoms with Crippen LogP contribution in [0.15, 0.2) is 18.2 Å². The van der Waals surface area contributed by atoms with Gasteiger partial charge in [0.15, 0.2) is 0 Å². The molecule has 19 heavy (non-hydrogen) atoms. The predicted octanol–water partition coefficient (Wildman–Crippen LogP) is 3.34. The number of non-ortho nitro benzene ring substituents is 1. The lowest BCUT2D eigenvalue weighted by Gasteiger charge is -2.20. The maximum absolute atomic E-state index is 10.7. The average Bonchev–Trinajstić information content (AvgIpc) is 2.39. The lowest BCUT2D eigenvalue weighted by Crippen LogP contribution is -2.29. The van der Waals surface area contributed by atoms with Gasteiger partial charge in [-0.15, -0.1) is 0 Å². The minimum Gasteiger partial charge on any atom is -0.383 e. The summed E-state index contributed by atoms with van der Waals surface area (Å²) in [6.45, 7) is 8.32. The highest BCUT2D eigenvalue weighted by molar-refractivity contribution is 14.1. The number of hydrogen-bond acceptors (Lipinski definition) is 4. The molecule has 6 heteroatoms. The molecule has 1 rings (SSSR count). The summed E-state index contributed by atoms with van der Waals surface area (Å²) >= 11 is 2.12. The van der Waals surface area contributed by atoms with Crippen molar-refractivity contribution in [1.29, 1.82) is 0 Å². The van der Waals surface area contributed by atoms with Gasteiger partial charge >= 0.3 is 0 Å². The van der Waals surface area contributed by atoms with E-state index in [0.717, 1.165) is 41.9 Å². The number of halogens is 1. The molecule has 0 fully saturated rings. The van der Waals surface area contributed by atoms with Crippen molar-refractivity contribution in [3.05, 3.63) is 31.9 Å². The van der Waals surface area contributed by atoms with Gasteiger partial charge in [-0.1, -0.05) is 13.8 Å². The van der Waals surface area contributed by atoms with E-state index in [1.54, 1.807) is 12.1 Å². The minimum atomic E-state index is -0.369. The van der Waals surface area contributed by atoms with Crippen LogP contribution in [0, 0.1) is 13.7 Å². The van der Waals surface area contributed by atoms with Crippen LogP contribution in [0.1, 0.15) is 20.3 Å². The van der Waals surface area contributed by atoms with Crippen molar-refractivity contribution in [2.45, 2.75) is 20.3 Å². The third-order valence-electron chi connectivity index (χ3n) is 2.89. The van der Waals surface area contributed by atoms with Crippen molar-refractivity contribution in [2.75, 3.05) is 31.5 Å². The molecule has 106 valence electrons. The van der Waals surface area contributed by atoms with Crippen molar-refractivity contribution in [1.82, 2.24) is 4.90 Å².